The van der Waals surface area contributed by atoms with Crippen LogP contribution in [0.3, 0.4) is 0 Å². The Hall–Kier alpha value is -0.0400. The number of ether oxygens (including phenoxy) is 1. The van der Waals surface area contributed by atoms with E-state index in [1.54, 1.807) is 19.3 Å². The minimum Gasteiger partial charge on any atom is -0.370 e. The van der Waals surface area contributed by atoms with Crippen molar-refractivity contribution in [1.29, 1.82) is 0 Å². The molecule has 8 atom stereocenters. The lowest BCUT2D eigenvalue weighted by atomic mass is 9.49. The molecule has 0 N–H and O–H groups in total. The second kappa shape index (κ2) is 4.99. The largest absolute Gasteiger partial charge is 0.370 e. The van der Waals surface area contributed by atoms with E-state index in [-0.39, 0.29) is 0 Å². The maximum Gasteiger partial charge on any atom is 0.0919 e. The average Bonchev–Trinajstić information content (AvgIpc) is 3.16. The zero-order valence-corrected chi connectivity index (χ0v) is 15.5. The minimum absolute atomic E-state index is 0.382. The number of rotatable bonds is 1. The van der Waals surface area contributed by atoms with Gasteiger partial charge in [-0.1, -0.05) is 20.8 Å². The first-order valence-electron chi connectivity index (χ1n) is 10.7. The Balaban J connectivity index is 1.37. The van der Waals surface area contributed by atoms with Crippen molar-refractivity contribution < 1.29 is 4.74 Å². The lowest BCUT2D eigenvalue weighted by molar-refractivity contribution is -0.0750. The first-order valence-corrected chi connectivity index (χ1v) is 10.7. The summed E-state index contributed by atoms with van der Waals surface area (Å²) in [5.41, 5.74) is 1.06. The molecular weight excluding hydrogens is 280 g/mol. The molecule has 0 aromatic heterocycles. The SMILES string of the molecule is CC(C)[C@H]1CC[C@H]2[C@@H]3CC[C@@H]4CC5(CC[C@@H]4[C@H]3CC[C@]12C)CO5. The summed E-state index contributed by atoms with van der Waals surface area (Å²) in [7, 11) is 0. The summed E-state index contributed by atoms with van der Waals surface area (Å²) in [6, 6.07) is 0. The van der Waals surface area contributed by atoms with Gasteiger partial charge in [0, 0.05) is 0 Å². The van der Waals surface area contributed by atoms with Crippen molar-refractivity contribution in [2.45, 2.75) is 84.2 Å². The summed E-state index contributed by atoms with van der Waals surface area (Å²) in [5.74, 6) is 7.18. The third kappa shape index (κ3) is 2.14. The highest BCUT2D eigenvalue weighted by Crippen LogP contribution is 2.66. The molecule has 1 unspecified atom stereocenters. The molecule has 1 heterocycles. The van der Waals surface area contributed by atoms with Gasteiger partial charge in [-0.2, -0.15) is 0 Å². The minimum atomic E-state index is 0.382. The molecule has 0 amide bonds. The fourth-order valence-electron chi connectivity index (χ4n) is 8.45. The van der Waals surface area contributed by atoms with Gasteiger partial charge >= 0.3 is 0 Å². The van der Waals surface area contributed by atoms with Crippen molar-refractivity contribution in [2.75, 3.05) is 6.61 Å². The fourth-order valence-corrected chi connectivity index (χ4v) is 8.45. The van der Waals surface area contributed by atoms with E-state index in [0.717, 1.165) is 48.0 Å². The van der Waals surface area contributed by atoms with E-state index in [2.05, 4.69) is 20.8 Å². The Bertz CT molecular complexity index is 478. The number of fused-ring (bicyclic) bond motifs is 5. The second-order valence-corrected chi connectivity index (χ2v) is 10.6. The van der Waals surface area contributed by atoms with E-state index < -0.39 is 0 Å². The summed E-state index contributed by atoms with van der Waals surface area (Å²) >= 11 is 0. The second-order valence-electron chi connectivity index (χ2n) is 10.6. The topological polar surface area (TPSA) is 12.5 Å². The summed E-state index contributed by atoms with van der Waals surface area (Å²) in [6.07, 6.45) is 13.5. The molecule has 1 heteroatoms. The smallest absolute Gasteiger partial charge is 0.0919 e. The fraction of sp³-hybridized carbons (Fsp3) is 1.00. The van der Waals surface area contributed by atoms with Gasteiger partial charge in [-0.15, -0.1) is 0 Å². The van der Waals surface area contributed by atoms with Crippen molar-refractivity contribution in [3.8, 4) is 0 Å². The standard InChI is InChI=1S/C22H36O/c1-14(2)19-6-7-20-18-5-4-15-12-22(13-23-22)11-9-16(15)17(18)8-10-21(19,20)3/h14-20H,4-13H2,1-3H3/t15-,16+,17-,18-,19-,20+,21-,22?/m1/s1. The van der Waals surface area contributed by atoms with Crippen LogP contribution in [0, 0.1) is 46.8 Å². The molecule has 4 aliphatic carbocycles. The van der Waals surface area contributed by atoms with Crippen LogP contribution in [-0.4, -0.2) is 12.2 Å². The zero-order chi connectivity index (χ0) is 15.8. The molecule has 4 saturated carbocycles. The first kappa shape index (κ1) is 15.2. The Labute approximate surface area is 142 Å². The predicted octanol–water partition coefficient (Wildman–Crippen LogP) is 5.68. The quantitative estimate of drug-likeness (QED) is 0.567. The lowest BCUT2D eigenvalue weighted by Crippen LogP contribution is -2.49. The first-order chi connectivity index (χ1) is 11.0. The molecule has 1 saturated heterocycles. The molecule has 1 nitrogen and oxygen atoms in total. The molecule has 130 valence electrons. The van der Waals surface area contributed by atoms with Crippen LogP contribution in [0.1, 0.15) is 78.6 Å². The molecule has 5 aliphatic rings. The highest BCUT2D eigenvalue weighted by atomic mass is 16.6. The van der Waals surface area contributed by atoms with Crippen LogP contribution in [-0.2, 0) is 4.74 Å². The maximum atomic E-state index is 5.85. The molecule has 0 bridgehead atoms. The Morgan fingerprint density at radius 3 is 2.39 bits per heavy atom. The molecule has 1 spiro atoms. The molecule has 0 aromatic rings. The van der Waals surface area contributed by atoms with E-state index >= 15 is 0 Å². The van der Waals surface area contributed by atoms with Gasteiger partial charge in [0.05, 0.1) is 12.2 Å². The van der Waals surface area contributed by atoms with Gasteiger partial charge in [-0.05, 0) is 105 Å². The third-order valence-corrected chi connectivity index (χ3v) is 9.52. The van der Waals surface area contributed by atoms with Gasteiger partial charge < -0.3 is 4.74 Å². The molecule has 5 rings (SSSR count). The van der Waals surface area contributed by atoms with Crippen molar-refractivity contribution in [3.63, 3.8) is 0 Å². The molecule has 0 radical (unpaired) electrons. The van der Waals surface area contributed by atoms with Crippen molar-refractivity contribution in [3.05, 3.63) is 0 Å². The van der Waals surface area contributed by atoms with Crippen LogP contribution < -0.4 is 0 Å². The lowest BCUT2D eigenvalue weighted by Gasteiger charge is -2.56. The summed E-state index contributed by atoms with van der Waals surface area (Å²) < 4.78 is 5.85. The average molecular weight is 317 g/mol. The van der Waals surface area contributed by atoms with E-state index in [4.69, 9.17) is 4.74 Å². The van der Waals surface area contributed by atoms with Crippen LogP contribution in [0.2, 0.25) is 0 Å². The van der Waals surface area contributed by atoms with Crippen LogP contribution in [0.25, 0.3) is 0 Å². The van der Waals surface area contributed by atoms with Gasteiger partial charge in [0.15, 0.2) is 0 Å². The Morgan fingerprint density at radius 1 is 0.870 bits per heavy atom. The monoisotopic (exact) mass is 316 g/mol. The molecule has 1 aliphatic heterocycles. The zero-order valence-electron chi connectivity index (χ0n) is 15.5. The number of hydrogen-bond donors (Lipinski definition) is 0. The van der Waals surface area contributed by atoms with Crippen LogP contribution in [0.15, 0.2) is 0 Å². The van der Waals surface area contributed by atoms with Crippen molar-refractivity contribution in [2.24, 2.45) is 46.8 Å². The summed E-state index contributed by atoms with van der Waals surface area (Å²) in [6.45, 7) is 8.74. The highest BCUT2D eigenvalue weighted by molar-refractivity contribution is 5.09. The summed E-state index contributed by atoms with van der Waals surface area (Å²) in [5, 5.41) is 0. The van der Waals surface area contributed by atoms with Crippen molar-refractivity contribution >= 4 is 0 Å². The van der Waals surface area contributed by atoms with Gasteiger partial charge in [-0.25, -0.2) is 0 Å². The van der Waals surface area contributed by atoms with Gasteiger partial charge in [0.25, 0.3) is 0 Å². The van der Waals surface area contributed by atoms with Crippen LogP contribution >= 0.6 is 0 Å². The molecule has 5 fully saturated rings. The van der Waals surface area contributed by atoms with E-state index in [9.17, 15) is 0 Å². The predicted molar refractivity (Wildman–Crippen MR) is 94.1 cm³/mol. The maximum absolute atomic E-state index is 5.85. The third-order valence-electron chi connectivity index (χ3n) is 9.52. The molecule has 23 heavy (non-hydrogen) atoms. The van der Waals surface area contributed by atoms with Gasteiger partial charge in [0.2, 0.25) is 0 Å². The molecular formula is C22H36O. The number of hydrogen-bond acceptors (Lipinski definition) is 1. The van der Waals surface area contributed by atoms with Crippen LogP contribution in [0.4, 0.5) is 0 Å². The molecule has 0 aromatic carbocycles. The van der Waals surface area contributed by atoms with Gasteiger partial charge in [-0.3, -0.25) is 0 Å². The number of epoxide rings is 1. The Morgan fingerprint density at radius 2 is 1.65 bits per heavy atom. The van der Waals surface area contributed by atoms with Crippen molar-refractivity contribution in [1.82, 2.24) is 0 Å². The van der Waals surface area contributed by atoms with Gasteiger partial charge in [0.1, 0.15) is 0 Å². The normalized spacial score (nSPS) is 57.9. The van der Waals surface area contributed by atoms with Crippen LogP contribution in [0.5, 0.6) is 0 Å². The van der Waals surface area contributed by atoms with E-state index in [1.807, 2.05) is 0 Å². The Kier molecular flexibility index (Phi) is 3.31. The van der Waals surface area contributed by atoms with E-state index in [0.29, 0.717) is 11.0 Å². The highest BCUT2D eigenvalue weighted by Gasteiger charge is 2.59. The summed E-state index contributed by atoms with van der Waals surface area (Å²) in [4.78, 5) is 0. The van der Waals surface area contributed by atoms with E-state index in [1.165, 1.54) is 38.5 Å².